The number of rotatable bonds is 4. The lowest BCUT2D eigenvalue weighted by Gasteiger charge is -2.07. The van der Waals surface area contributed by atoms with Gasteiger partial charge in [0.1, 0.15) is 24.6 Å². The summed E-state index contributed by atoms with van der Waals surface area (Å²) >= 11 is 5.63. The van der Waals surface area contributed by atoms with Gasteiger partial charge in [0.25, 0.3) is 0 Å². The third-order valence-electron chi connectivity index (χ3n) is 1.51. The quantitative estimate of drug-likeness (QED) is 0.844. The monoisotopic (exact) mass is 218 g/mol. The molecule has 0 fully saturated rings. The number of carbonyl (C=O) groups is 1. The van der Waals surface area contributed by atoms with Gasteiger partial charge in [-0.05, 0) is 18.2 Å². The van der Waals surface area contributed by atoms with Crippen molar-refractivity contribution in [3.63, 3.8) is 0 Å². The highest BCUT2D eigenvalue weighted by Gasteiger charge is 2.11. The third kappa shape index (κ3) is 2.60. The maximum absolute atomic E-state index is 11.8. The van der Waals surface area contributed by atoms with E-state index >= 15 is 0 Å². The van der Waals surface area contributed by atoms with Crippen molar-refractivity contribution in [2.75, 3.05) is 13.3 Å². The van der Waals surface area contributed by atoms with Crippen molar-refractivity contribution in [2.45, 2.75) is 0 Å². The summed E-state index contributed by atoms with van der Waals surface area (Å²) in [4.78, 5) is 10.7. The van der Waals surface area contributed by atoms with Crippen LogP contribution in [-0.2, 0) is 0 Å². The van der Waals surface area contributed by atoms with Crippen LogP contribution in [0.1, 0.15) is 10.4 Å². The van der Waals surface area contributed by atoms with Gasteiger partial charge in [-0.3, -0.25) is 0 Å². The standard InChI is InChI=1S/C9H8ClFO3/c10-6-1-2-7(9(12)13)8(5-6)14-4-3-11/h1-2,5H,3-4H2,(H,12,13). The molecule has 0 unspecified atom stereocenters. The average molecular weight is 219 g/mol. The summed E-state index contributed by atoms with van der Waals surface area (Å²) in [6, 6.07) is 4.10. The number of alkyl halides is 1. The summed E-state index contributed by atoms with van der Waals surface area (Å²) < 4.78 is 16.7. The van der Waals surface area contributed by atoms with Crippen molar-refractivity contribution in [2.24, 2.45) is 0 Å². The van der Waals surface area contributed by atoms with Gasteiger partial charge in [-0.15, -0.1) is 0 Å². The summed E-state index contributed by atoms with van der Waals surface area (Å²) in [5.41, 5.74) is -0.0251. The van der Waals surface area contributed by atoms with Crippen LogP contribution in [0.3, 0.4) is 0 Å². The van der Waals surface area contributed by atoms with Gasteiger partial charge in [0.05, 0.1) is 0 Å². The third-order valence-corrected chi connectivity index (χ3v) is 1.74. The van der Waals surface area contributed by atoms with Crippen molar-refractivity contribution >= 4 is 17.6 Å². The summed E-state index contributed by atoms with van der Waals surface area (Å²) in [7, 11) is 0. The Morgan fingerprint density at radius 1 is 1.57 bits per heavy atom. The van der Waals surface area contributed by atoms with Gasteiger partial charge in [0.2, 0.25) is 0 Å². The lowest BCUT2D eigenvalue weighted by molar-refractivity contribution is 0.0692. The van der Waals surface area contributed by atoms with E-state index in [2.05, 4.69) is 0 Å². The van der Waals surface area contributed by atoms with Crippen molar-refractivity contribution in [1.82, 2.24) is 0 Å². The fourth-order valence-corrected chi connectivity index (χ4v) is 1.10. The van der Waals surface area contributed by atoms with Crippen molar-refractivity contribution in [3.05, 3.63) is 28.8 Å². The second-order valence-corrected chi connectivity index (χ2v) is 2.92. The molecule has 0 aliphatic heterocycles. The number of benzene rings is 1. The minimum absolute atomic E-state index is 0.0251. The van der Waals surface area contributed by atoms with Crippen molar-refractivity contribution < 1.29 is 19.0 Å². The van der Waals surface area contributed by atoms with Gasteiger partial charge in [-0.1, -0.05) is 11.6 Å². The molecule has 0 saturated heterocycles. The van der Waals surface area contributed by atoms with Crippen LogP contribution in [0.4, 0.5) is 4.39 Å². The molecule has 0 radical (unpaired) electrons. The molecule has 3 nitrogen and oxygen atoms in total. The number of carboxylic acids is 1. The number of halogens is 2. The number of hydrogen-bond donors (Lipinski definition) is 1. The average Bonchev–Trinajstić information content (AvgIpc) is 2.14. The lowest BCUT2D eigenvalue weighted by atomic mass is 10.2. The second kappa shape index (κ2) is 4.81. The Hall–Kier alpha value is -1.29. The molecule has 0 spiro atoms. The van der Waals surface area contributed by atoms with E-state index in [0.29, 0.717) is 5.02 Å². The predicted molar refractivity (Wildman–Crippen MR) is 49.9 cm³/mol. The highest BCUT2D eigenvalue weighted by Crippen LogP contribution is 2.23. The summed E-state index contributed by atoms with van der Waals surface area (Å²) in [6.45, 7) is -0.855. The van der Waals surface area contributed by atoms with E-state index in [0.717, 1.165) is 0 Å². The van der Waals surface area contributed by atoms with Crippen LogP contribution < -0.4 is 4.74 Å². The van der Waals surface area contributed by atoms with Crippen LogP contribution in [0.25, 0.3) is 0 Å². The summed E-state index contributed by atoms with van der Waals surface area (Å²) in [5.74, 6) is -1.04. The van der Waals surface area contributed by atoms with E-state index in [1.54, 1.807) is 0 Å². The maximum Gasteiger partial charge on any atom is 0.339 e. The van der Waals surface area contributed by atoms with E-state index in [1.807, 2.05) is 0 Å². The van der Waals surface area contributed by atoms with E-state index in [4.69, 9.17) is 21.4 Å². The molecule has 0 aliphatic carbocycles. The maximum atomic E-state index is 11.8. The van der Waals surface area contributed by atoms with Gasteiger partial charge < -0.3 is 9.84 Å². The van der Waals surface area contributed by atoms with Crippen molar-refractivity contribution in [1.29, 1.82) is 0 Å². The Bertz CT molecular complexity index is 341. The number of carboxylic acid groups (broad SMARTS) is 1. The number of hydrogen-bond acceptors (Lipinski definition) is 2. The molecule has 1 aromatic rings. The fraction of sp³-hybridized carbons (Fsp3) is 0.222. The highest BCUT2D eigenvalue weighted by atomic mass is 35.5. The molecule has 76 valence electrons. The molecule has 0 aromatic heterocycles. The Labute approximate surface area is 85.1 Å². The molecule has 1 rings (SSSR count). The first-order valence-corrected chi connectivity index (χ1v) is 4.24. The Morgan fingerprint density at radius 3 is 2.86 bits per heavy atom. The van der Waals surface area contributed by atoms with E-state index in [-0.39, 0.29) is 17.9 Å². The van der Waals surface area contributed by atoms with Crippen LogP contribution >= 0.6 is 11.6 Å². The largest absolute Gasteiger partial charge is 0.490 e. The van der Waals surface area contributed by atoms with E-state index < -0.39 is 12.6 Å². The Morgan fingerprint density at radius 2 is 2.29 bits per heavy atom. The van der Waals surface area contributed by atoms with E-state index in [9.17, 15) is 9.18 Å². The molecule has 1 N–H and O–H groups in total. The fourth-order valence-electron chi connectivity index (χ4n) is 0.941. The SMILES string of the molecule is O=C(O)c1ccc(Cl)cc1OCCF. The first-order chi connectivity index (χ1) is 6.65. The first-order valence-electron chi connectivity index (χ1n) is 3.86. The van der Waals surface area contributed by atoms with Crippen LogP contribution in [-0.4, -0.2) is 24.4 Å². The smallest absolute Gasteiger partial charge is 0.339 e. The molecule has 14 heavy (non-hydrogen) atoms. The van der Waals surface area contributed by atoms with Crippen LogP contribution in [0.2, 0.25) is 5.02 Å². The molecule has 5 heteroatoms. The van der Waals surface area contributed by atoms with Crippen LogP contribution in [0.15, 0.2) is 18.2 Å². The molecule has 0 amide bonds. The zero-order valence-corrected chi connectivity index (χ0v) is 7.92. The molecule has 0 atom stereocenters. The number of aromatic carboxylic acids is 1. The van der Waals surface area contributed by atoms with Gasteiger partial charge in [-0.2, -0.15) is 0 Å². The minimum Gasteiger partial charge on any atom is -0.490 e. The summed E-state index contributed by atoms with van der Waals surface area (Å²) in [5, 5.41) is 9.09. The molecule has 0 saturated carbocycles. The Kier molecular flexibility index (Phi) is 3.71. The molecule has 0 bridgehead atoms. The van der Waals surface area contributed by atoms with Gasteiger partial charge in [0, 0.05) is 5.02 Å². The molecule has 0 heterocycles. The van der Waals surface area contributed by atoms with Gasteiger partial charge in [0.15, 0.2) is 0 Å². The zero-order chi connectivity index (χ0) is 10.6. The Balaban J connectivity index is 2.97. The van der Waals surface area contributed by atoms with Gasteiger partial charge >= 0.3 is 5.97 Å². The minimum atomic E-state index is -1.13. The van der Waals surface area contributed by atoms with Crippen LogP contribution in [0.5, 0.6) is 5.75 Å². The lowest BCUT2D eigenvalue weighted by Crippen LogP contribution is -2.05. The second-order valence-electron chi connectivity index (χ2n) is 2.48. The summed E-state index contributed by atoms with van der Waals surface area (Å²) in [6.07, 6.45) is 0. The highest BCUT2D eigenvalue weighted by molar-refractivity contribution is 6.30. The normalized spacial score (nSPS) is 9.86. The first kappa shape index (κ1) is 10.8. The topological polar surface area (TPSA) is 46.5 Å². The number of ether oxygens (including phenoxy) is 1. The molecular weight excluding hydrogens is 211 g/mol. The molecular formula is C9H8ClFO3. The van der Waals surface area contributed by atoms with Crippen molar-refractivity contribution in [3.8, 4) is 5.75 Å². The van der Waals surface area contributed by atoms with Crippen LogP contribution in [0, 0.1) is 0 Å². The van der Waals surface area contributed by atoms with Gasteiger partial charge in [-0.25, -0.2) is 9.18 Å². The molecule has 1 aromatic carbocycles. The molecule has 0 aliphatic rings. The predicted octanol–water partition coefficient (Wildman–Crippen LogP) is 2.39. The zero-order valence-electron chi connectivity index (χ0n) is 7.17. The van der Waals surface area contributed by atoms with E-state index in [1.165, 1.54) is 18.2 Å².